The molecule has 0 bridgehead atoms. The third-order valence-corrected chi connectivity index (χ3v) is 7.24. The Kier molecular flexibility index (Phi) is 5.57. The van der Waals surface area contributed by atoms with Crippen LogP contribution in [0.25, 0.3) is 0 Å². The molecule has 1 fully saturated rings. The SMILES string of the molecule is Cn1nc(Cl)cc1S(=O)(=O)C(C)(F)C1CCCCN1C(=O)Nc1ccnnc1. The van der Waals surface area contributed by atoms with E-state index >= 15 is 4.39 Å². The molecular weight excluding hydrogens is 411 g/mol. The lowest BCUT2D eigenvalue weighted by molar-refractivity contribution is 0.0881. The molecular formula is C16H20ClFN6O3S. The van der Waals surface area contributed by atoms with Crippen LogP contribution in [0.4, 0.5) is 14.9 Å². The van der Waals surface area contributed by atoms with Gasteiger partial charge in [0.1, 0.15) is 0 Å². The number of likely N-dealkylation sites (tertiary alicyclic amines) is 1. The Labute approximate surface area is 166 Å². The van der Waals surface area contributed by atoms with Crippen molar-refractivity contribution in [1.82, 2.24) is 24.9 Å². The smallest absolute Gasteiger partial charge is 0.317 e. The van der Waals surface area contributed by atoms with E-state index < -0.39 is 26.9 Å². The molecule has 1 saturated heterocycles. The van der Waals surface area contributed by atoms with E-state index in [9.17, 15) is 13.2 Å². The standard InChI is InChI=1S/C16H20ClFN6O3S/c1-16(18,28(26,27)14-9-13(17)22-23(14)2)12-5-3-4-8-24(12)15(25)21-11-6-7-19-20-10-11/h6-7,9-10,12H,3-5,8H2,1-2H3,(H,19,21,25). The molecule has 3 rings (SSSR count). The lowest BCUT2D eigenvalue weighted by atomic mass is 9.99. The first-order chi connectivity index (χ1) is 13.1. The summed E-state index contributed by atoms with van der Waals surface area (Å²) in [4.78, 5) is 13.9. The number of aryl methyl sites for hydroxylation is 1. The van der Waals surface area contributed by atoms with Gasteiger partial charge in [0.15, 0.2) is 10.2 Å². The number of nitrogens with one attached hydrogen (secondary N) is 1. The average molecular weight is 431 g/mol. The number of urea groups is 1. The average Bonchev–Trinajstić information content (AvgIpc) is 3.01. The van der Waals surface area contributed by atoms with E-state index in [1.807, 2.05) is 0 Å². The van der Waals surface area contributed by atoms with Crippen LogP contribution < -0.4 is 5.32 Å². The molecule has 2 amide bonds. The number of hydrogen-bond acceptors (Lipinski definition) is 6. The number of carbonyl (C=O) groups is 1. The zero-order chi connectivity index (χ0) is 20.5. The van der Waals surface area contributed by atoms with Crippen LogP contribution in [0.15, 0.2) is 29.6 Å². The van der Waals surface area contributed by atoms with Crippen molar-refractivity contribution >= 4 is 33.2 Å². The number of aromatic nitrogens is 4. The number of rotatable bonds is 4. The van der Waals surface area contributed by atoms with Gasteiger partial charge in [-0.15, -0.1) is 0 Å². The van der Waals surface area contributed by atoms with E-state index in [0.717, 1.165) is 17.7 Å². The summed E-state index contributed by atoms with van der Waals surface area (Å²) in [6.45, 7) is 1.21. The highest BCUT2D eigenvalue weighted by Gasteiger charge is 2.53. The number of carbonyl (C=O) groups excluding carboxylic acids is 1. The summed E-state index contributed by atoms with van der Waals surface area (Å²) >= 11 is 5.77. The summed E-state index contributed by atoms with van der Waals surface area (Å²) in [5.41, 5.74) is 0.381. The molecule has 2 atom stereocenters. The third-order valence-electron chi connectivity index (χ3n) is 4.80. The van der Waals surface area contributed by atoms with Crippen LogP contribution in [-0.2, 0) is 16.9 Å². The van der Waals surface area contributed by atoms with Crippen LogP contribution >= 0.6 is 11.6 Å². The van der Waals surface area contributed by atoms with Gasteiger partial charge >= 0.3 is 6.03 Å². The van der Waals surface area contributed by atoms with Gasteiger partial charge in [-0.25, -0.2) is 17.6 Å². The molecule has 12 heteroatoms. The van der Waals surface area contributed by atoms with Crippen LogP contribution in [0.5, 0.6) is 0 Å². The van der Waals surface area contributed by atoms with Gasteiger partial charge in [0.05, 0.1) is 24.1 Å². The largest absolute Gasteiger partial charge is 0.322 e. The second-order valence-corrected chi connectivity index (χ2v) is 9.30. The molecule has 1 aliphatic heterocycles. The van der Waals surface area contributed by atoms with Crippen LogP contribution in [0.2, 0.25) is 5.15 Å². The van der Waals surface area contributed by atoms with Crippen molar-refractivity contribution in [3.05, 3.63) is 29.7 Å². The fraction of sp³-hybridized carbons (Fsp3) is 0.500. The van der Waals surface area contributed by atoms with E-state index in [1.54, 1.807) is 0 Å². The first-order valence-electron chi connectivity index (χ1n) is 8.62. The van der Waals surface area contributed by atoms with Gasteiger partial charge in [-0.1, -0.05) is 11.6 Å². The quantitative estimate of drug-likeness (QED) is 0.797. The first-order valence-corrected chi connectivity index (χ1v) is 10.5. The van der Waals surface area contributed by atoms with Gasteiger partial charge in [-0.2, -0.15) is 15.3 Å². The van der Waals surface area contributed by atoms with E-state index in [-0.39, 0.29) is 23.1 Å². The fourth-order valence-electron chi connectivity index (χ4n) is 3.32. The van der Waals surface area contributed by atoms with E-state index in [0.29, 0.717) is 18.5 Å². The zero-order valence-corrected chi connectivity index (χ0v) is 16.9. The van der Waals surface area contributed by atoms with Crippen LogP contribution in [0, 0.1) is 0 Å². The van der Waals surface area contributed by atoms with Crippen molar-refractivity contribution in [1.29, 1.82) is 0 Å². The van der Waals surface area contributed by atoms with E-state index in [2.05, 4.69) is 20.6 Å². The molecule has 2 aromatic heterocycles. The normalized spacial score (nSPS) is 19.9. The molecule has 9 nitrogen and oxygen atoms in total. The van der Waals surface area contributed by atoms with Crippen molar-refractivity contribution in [3.8, 4) is 0 Å². The molecule has 2 unspecified atom stereocenters. The predicted octanol–water partition coefficient (Wildman–Crippen LogP) is 2.41. The molecule has 2 aromatic rings. The Morgan fingerprint density at radius 2 is 2.14 bits per heavy atom. The Hall–Kier alpha value is -2.27. The monoisotopic (exact) mass is 430 g/mol. The minimum absolute atomic E-state index is 0.0553. The van der Waals surface area contributed by atoms with Crippen LogP contribution in [0.3, 0.4) is 0 Å². The maximum Gasteiger partial charge on any atom is 0.322 e. The highest BCUT2D eigenvalue weighted by molar-refractivity contribution is 7.92. The first kappa shape index (κ1) is 20.5. The van der Waals surface area contributed by atoms with E-state index in [4.69, 9.17) is 11.6 Å². The number of sulfone groups is 1. The molecule has 0 spiro atoms. The number of hydrogen-bond donors (Lipinski definition) is 1. The summed E-state index contributed by atoms with van der Waals surface area (Å²) in [5.74, 6) is 0. The molecule has 152 valence electrons. The van der Waals surface area contributed by atoms with Gasteiger partial charge in [0.25, 0.3) is 0 Å². The number of nitrogens with zero attached hydrogens (tertiary/aromatic N) is 5. The molecule has 1 N–H and O–H groups in total. The van der Waals surface area contributed by atoms with Crippen molar-refractivity contribution in [2.24, 2.45) is 7.05 Å². The molecule has 28 heavy (non-hydrogen) atoms. The maximum atomic E-state index is 15.9. The minimum Gasteiger partial charge on any atom is -0.317 e. The summed E-state index contributed by atoms with van der Waals surface area (Å²) in [7, 11) is -3.11. The lowest BCUT2D eigenvalue weighted by Crippen LogP contribution is -2.57. The molecule has 0 saturated carbocycles. The van der Waals surface area contributed by atoms with Gasteiger partial charge in [-0.05, 0) is 32.3 Å². The van der Waals surface area contributed by atoms with Crippen molar-refractivity contribution in [2.75, 3.05) is 11.9 Å². The summed E-state index contributed by atoms with van der Waals surface area (Å²) in [6.07, 6.45) is 4.21. The topological polar surface area (TPSA) is 110 Å². The molecule has 0 aliphatic carbocycles. The lowest BCUT2D eigenvalue weighted by Gasteiger charge is -2.41. The minimum atomic E-state index is -4.48. The molecule has 0 aromatic carbocycles. The van der Waals surface area contributed by atoms with Crippen LogP contribution in [-0.4, -0.2) is 56.9 Å². The Bertz CT molecular complexity index is 966. The Morgan fingerprint density at radius 1 is 1.39 bits per heavy atom. The van der Waals surface area contributed by atoms with Crippen molar-refractivity contribution in [3.63, 3.8) is 0 Å². The Morgan fingerprint density at radius 3 is 2.75 bits per heavy atom. The van der Waals surface area contributed by atoms with Gasteiger partial charge < -0.3 is 10.2 Å². The van der Waals surface area contributed by atoms with Crippen molar-refractivity contribution < 1.29 is 17.6 Å². The summed E-state index contributed by atoms with van der Waals surface area (Å²) in [5, 5.41) is 10.5. The molecule has 0 radical (unpaired) electrons. The highest BCUT2D eigenvalue weighted by atomic mass is 35.5. The van der Waals surface area contributed by atoms with Gasteiger partial charge in [-0.3, -0.25) is 4.68 Å². The maximum absolute atomic E-state index is 15.9. The van der Waals surface area contributed by atoms with E-state index in [1.165, 1.54) is 30.4 Å². The second-order valence-electron chi connectivity index (χ2n) is 6.68. The van der Waals surface area contributed by atoms with Gasteiger partial charge in [0.2, 0.25) is 14.8 Å². The highest BCUT2D eigenvalue weighted by Crippen LogP contribution is 2.37. The third kappa shape index (κ3) is 3.68. The molecule has 1 aliphatic rings. The zero-order valence-electron chi connectivity index (χ0n) is 15.3. The molecule has 3 heterocycles. The second kappa shape index (κ2) is 7.63. The number of piperidine rings is 1. The fourth-order valence-corrected chi connectivity index (χ4v) is 5.27. The summed E-state index contributed by atoms with van der Waals surface area (Å²) in [6, 6.07) is 0.867. The number of halogens is 2. The predicted molar refractivity (Wildman–Crippen MR) is 100 cm³/mol. The Balaban J connectivity index is 1.91. The van der Waals surface area contributed by atoms with Crippen LogP contribution in [0.1, 0.15) is 26.2 Å². The number of amides is 2. The van der Waals surface area contributed by atoms with Crippen molar-refractivity contribution in [2.45, 2.75) is 42.3 Å². The number of alkyl halides is 1. The van der Waals surface area contributed by atoms with Gasteiger partial charge in [0, 0.05) is 19.7 Å². The summed E-state index contributed by atoms with van der Waals surface area (Å²) < 4.78 is 43.0. The number of anilines is 1.